The first kappa shape index (κ1) is 11.6. The predicted octanol–water partition coefficient (Wildman–Crippen LogP) is 0.491. The Labute approximate surface area is 75.4 Å². The molecule has 0 aromatic rings. The third kappa shape index (κ3) is 4.95. The molecule has 0 saturated heterocycles. The van der Waals surface area contributed by atoms with Crippen LogP contribution in [0, 0.1) is 0 Å². The first-order valence-corrected chi connectivity index (χ1v) is 3.81. The first-order valence-electron chi connectivity index (χ1n) is 3.81. The summed E-state index contributed by atoms with van der Waals surface area (Å²) in [4.78, 5) is 21.0. The molecule has 74 valence electrons. The van der Waals surface area contributed by atoms with Gasteiger partial charge in [-0.15, -0.1) is 0 Å². The highest BCUT2D eigenvalue weighted by Gasteiger charge is 2.17. The second kappa shape index (κ2) is 6.16. The molecule has 1 atom stereocenters. The van der Waals surface area contributed by atoms with E-state index in [1.807, 2.05) is 5.32 Å². The van der Waals surface area contributed by atoms with Gasteiger partial charge in [0.15, 0.2) is 6.67 Å². The summed E-state index contributed by atoms with van der Waals surface area (Å²) in [6.07, 6.45) is 3.42. The quantitative estimate of drug-likeness (QED) is 0.618. The van der Waals surface area contributed by atoms with Gasteiger partial charge in [-0.1, -0.05) is 12.2 Å². The zero-order chi connectivity index (χ0) is 10.3. The van der Waals surface area contributed by atoms with E-state index in [0.717, 1.165) is 0 Å². The number of carboxylic acid groups (broad SMARTS) is 1. The molecule has 1 amide bonds. The van der Waals surface area contributed by atoms with Gasteiger partial charge in [0.05, 0.1) is 0 Å². The molecule has 0 saturated carbocycles. The van der Waals surface area contributed by atoms with Crippen LogP contribution < -0.4 is 5.32 Å². The maximum absolute atomic E-state index is 11.7. The maximum Gasteiger partial charge on any atom is 0.326 e. The Hall–Kier alpha value is -1.39. The van der Waals surface area contributed by atoms with Gasteiger partial charge < -0.3 is 10.4 Å². The number of carbonyl (C=O) groups excluding carboxylic acids is 1. The smallest absolute Gasteiger partial charge is 0.326 e. The van der Waals surface area contributed by atoms with Gasteiger partial charge in [-0.25, -0.2) is 9.18 Å². The number of rotatable bonds is 5. The van der Waals surface area contributed by atoms with E-state index >= 15 is 0 Å². The lowest BCUT2D eigenvalue weighted by molar-refractivity contribution is -0.141. The Morgan fingerprint density at radius 2 is 2.23 bits per heavy atom. The van der Waals surface area contributed by atoms with Gasteiger partial charge in [0.25, 0.3) is 5.91 Å². The van der Waals surface area contributed by atoms with Crippen molar-refractivity contribution in [3.05, 3.63) is 12.2 Å². The molecule has 0 radical (unpaired) electrons. The number of aliphatic carboxylic acids is 1. The van der Waals surface area contributed by atoms with Crippen LogP contribution in [0.3, 0.4) is 0 Å². The average molecular weight is 189 g/mol. The van der Waals surface area contributed by atoms with Crippen LogP contribution in [-0.2, 0) is 9.59 Å². The van der Waals surface area contributed by atoms with E-state index in [1.165, 1.54) is 0 Å². The van der Waals surface area contributed by atoms with Gasteiger partial charge in [-0.05, 0) is 13.3 Å². The van der Waals surface area contributed by atoms with Crippen molar-refractivity contribution in [1.29, 1.82) is 0 Å². The monoisotopic (exact) mass is 189 g/mol. The molecule has 2 N–H and O–H groups in total. The molecule has 5 heteroatoms. The molecule has 0 aliphatic heterocycles. The highest BCUT2D eigenvalue weighted by molar-refractivity contribution is 5.84. The van der Waals surface area contributed by atoms with Crippen LogP contribution in [0.1, 0.15) is 13.3 Å². The summed E-state index contributed by atoms with van der Waals surface area (Å²) in [5.74, 6) is -2.07. The minimum absolute atomic E-state index is 0.164. The zero-order valence-electron chi connectivity index (χ0n) is 7.29. The van der Waals surface area contributed by atoms with Crippen molar-refractivity contribution in [2.45, 2.75) is 19.4 Å². The molecule has 0 rings (SSSR count). The molecule has 13 heavy (non-hydrogen) atoms. The molecular weight excluding hydrogens is 177 g/mol. The normalized spacial score (nSPS) is 12.8. The van der Waals surface area contributed by atoms with Crippen molar-refractivity contribution in [1.82, 2.24) is 5.32 Å². The van der Waals surface area contributed by atoms with Gasteiger partial charge in [0, 0.05) is 0 Å². The zero-order valence-corrected chi connectivity index (χ0v) is 7.29. The van der Waals surface area contributed by atoms with Gasteiger partial charge in [0.1, 0.15) is 6.04 Å². The third-order valence-electron chi connectivity index (χ3n) is 1.36. The standard InChI is InChI=1S/C8H12FNO3/c1-2-3-4-6(8(12)13)10-7(11)5-9/h2-3,6H,4-5H2,1H3,(H,10,11)(H,12,13)/b3-2-. The van der Waals surface area contributed by atoms with E-state index in [4.69, 9.17) is 5.11 Å². The lowest BCUT2D eigenvalue weighted by atomic mass is 10.2. The summed E-state index contributed by atoms with van der Waals surface area (Å²) in [6.45, 7) is 0.537. The van der Waals surface area contributed by atoms with Crippen LogP contribution in [0.4, 0.5) is 4.39 Å². The molecular formula is C8H12FNO3. The Kier molecular flexibility index (Phi) is 5.50. The fourth-order valence-electron chi connectivity index (χ4n) is 0.727. The SMILES string of the molecule is C/C=C\CC(NC(=O)CF)C(=O)O. The number of alkyl halides is 1. The van der Waals surface area contributed by atoms with Crippen LogP contribution in [0.5, 0.6) is 0 Å². The van der Waals surface area contributed by atoms with Crippen LogP contribution >= 0.6 is 0 Å². The Morgan fingerprint density at radius 3 is 2.62 bits per heavy atom. The first-order chi connectivity index (χ1) is 6.11. The highest BCUT2D eigenvalue weighted by Crippen LogP contribution is 1.94. The van der Waals surface area contributed by atoms with Gasteiger partial charge in [-0.3, -0.25) is 4.79 Å². The van der Waals surface area contributed by atoms with Gasteiger partial charge in [-0.2, -0.15) is 0 Å². The summed E-state index contributed by atoms with van der Waals surface area (Å²) in [5, 5.41) is 10.6. The third-order valence-corrected chi connectivity index (χ3v) is 1.36. The van der Waals surface area contributed by atoms with E-state index < -0.39 is 24.6 Å². The summed E-state index contributed by atoms with van der Waals surface area (Å²) in [5.41, 5.74) is 0. The number of allylic oxidation sites excluding steroid dienone is 1. The van der Waals surface area contributed by atoms with Gasteiger partial charge >= 0.3 is 5.97 Å². The number of carbonyl (C=O) groups is 2. The van der Waals surface area contributed by atoms with Gasteiger partial charge in [0.2, 0.25) is 0 Å². The summed E-state index contributed by atoms with van der Waals surface area (Å²) in [6, 6.07) is -1.04. The second-order valence-electron chi connectivity index (χ2n) is 2.40. The largest absolute Gasteiger partial charge is 0.480 e. The van der Waals surface area contributed by atoms with E-state index in [9.17, 15) is 14.0 Å². The van der Waals surface area contributed by atoms with Crippen LogP contribution in [0.2, 0.25) is 0 Å². The molecule has 4 nitrogen and oxygen atoms in total. The number of nitrogens with one attached hydrogen (secondary N) is 1. The average Bonchev–Trinajstić information content (AvgIpc) is 2.11. The van der Waals surface area contributed by atoms with Crippen molar-refractivity contribution in [2.75, 3.05) is 6.67 Å². The number of hydrogen-bond donors (Lipinski definition) is 2. The molecule has 0 heterocycles. The van der Waals surface area contributed by atoms with Crippen molar-refractivity contribution in [3.63, 3.8) is 0 Å². The minimum atomic E-state index is -1.19. The lowest BCUT2D eigenvalue weighted by Gasteiger charge is -2.10. The fraction of sp³-hybridized carbons (Fsp3) is 0.500. The van der Waals surface area contributed by atoms with Crippen molar-refractivity contribution in [3.8, 4) is 0 Å². The molecule has 0 aromatic heterocycles. The summed E-state index contributed by atoms with van der Waals surface area (Å²) >= 11 is 0. The van der Waals surface area contributed by atoms with Crippen molar-refractivity contribution >= 4 is 11.9 Å². The number of carboxylic acids is 1. The molecule has 0 aliphatic carbocycles. The summed E-state index contributed by atoms with van der Waals surface area (Å²) in [7, 11) is 0. The molecule has 0 aromatic carbocycles. The molecule has 0 fully saturated rings. The van der Waals surface area contributed by atoms with E-state index in [-0.39, 0.29) is 6.42 Å². The van der Waals surface area contributed by atoms with E-state index in [1.54, 1.807) is 19.1 Å². The number of halogens is 1. The number of amides is 1. The number of hydrogen-bond acceptors (Lipinski definition) is 2. The van der Waals surface area contributed by atoms with Crippen molar-refractivity contribution < 1.29 is 19.1 Å². The topological polar surface area (TPSA) is 66.4 Å². The lowest BCUT2D eigenvalue weighted by Crippen LogP contribution is -2.41. The van der Waals surface area contributed by atoms with Crippen LogP contribution in [-0.4, -0.2) is 29.7 Å². The Balaban J connectivity index is 4.09. The molecule has 0 spiro atoms. The highest BCUT2D eigenvalue weighted by atomic mass is 19.1. The predicted molar refractivity (Wildman–Crippen MR) is 45.0 cm³/mol. The van der Waals surface area contributed by atoms with Crippen LogP contribution in [0.25, 0.3) is 0 Å². The molecule has 0 bridgehead atoms. The maximum atomic E-state index is 11.7. The Morgan fingerprint density at radius 1 is 1.62 bits per heavy atom. The van der Waals surface area contributed by atoms with Crippen molar-refractivity contribution in [2.24, 2.45) is 0 Å². The fourth-order valence-corrected chi connectivity index (χ4v) is 0.727. The molecule has 0 aliphatic rings. The minimum Gasteiger partial charge on any atom is -0.480 e. The summed E-state index contributed by atoms with van der Waals surface area (Å²) < 4.78 is 11.7. The molecule has 1 unspecified atom stereocenters. The van der Waals surface area contributed by atoms with E-state index in [0.29, 0.717) is 0 Å². The van der Waals surface area contributed by atoms with Crippen LogP contribution in [0.15, 0.2) is 12.2 Å². The Bertz CT molecular complexity index is 215. The second-order valence-corrected chi connectivity index (χ2v) is 2.40. The van der Waals surface area contributed by atoms with E-state index in [2.05, 4.69) is 0 Å².